The molecule has 1 fully saturated rings. The van der Waals surface area contributed by atoms with Crippen LogP contribution in [0.3, 0.4) is 0 Å². The van der Waals surface area contributed by atoms with Crippen molar-refractivity contribution in [3.63, 3.8) is 0 Å². The maximum absolute atomic E-state index is 11.7. The minimum absolute atomic E-state index is 0.238. The molecule has 1 amide bonds. The van der Waals surface area contributed by atoms with E-state index < -0.39 is 11.2 Å². The molecule has 3 rings (SSSR count). The summed E-state index contributed by atoms with van der Waals surface area (Å²) in [5.41, 5.74) is 4.32. The van der Waals surface area contributed by atoms with Gasteiger partial charge in [-0.15, -0.1) is 5.10 Å². The van der Waals surface area contributed by atoms with E-state index in [4.69, 9.17) is 5.11 Å². The average molecular weight is 367 g/mol. The SMILES string of the molecule is Cc1ccccc1-c1cccc(C=NN=C2NC(=O)C(CC(=O)O)S2)c1. The largest absolute Gasteiger partial charge is 0.481 e. The van der Waals surface area contributed by atoms with Crippen molar-refractivity contribution in [1.82, 2.24) is 5.32 Å². The lowest BCUT2D eigenvalue weighted by Gasteiger charge is -2.06. The van der Waals surface area contributed by atoms with E-state index in [1.54, 1.807) is 6.21 Å². The van der Waals surface area contributed by atoms with Crippen LogP contribution in [-0.4, -0.2) is 33.6 Å². The quantitative estimate of drug-likeness (QED) is 0.628. The molecule has 0 spiro atoms. The van der Waals surface area contributed by atoms with Crippen LogP contribution >= 0.6 is 11.8 Å². The second-order valence-corrected chi connectivity index (χ2v) is 6.98. The zero-order valence-corrected chi connectivity index (χ0v) is 14.9. The summed E-state index contributed by atoms with van der Waals surface area (Å²) in [6.07, 6.45) is 1.36. The number of rotatable bonds is 5. The molecule has 0 saturated carbocycles. The molecule has 1 saturated heterocycles. The lowest BCUT2D eigenvalue weighted by atomic mass is 9.99. The van der Waals surface area contributed by atoms with Gasteiger partial charge in [-0.1, -0.05) is 54.2 Å². The van der Waals surface area contributed by atoms with E-state index in [0.29, 0.717) is 5.17 Å². The van der Waals surface area contributed by atoms with Gasteiger partial charge in [-0.3, -0.25) is 9.59 Å². The van der Waals surface area contributed by atoms with Crippen molar-refractivity contribution in [3.8, 4) is 11.1 Å². The molecule has 1 heterocycles. The van der Waals surface area contributed by atoms with Gasteiger partial charge in [0, 0.05) is 0 Å². The lowest BCUT2D eigenvalue weighted by Crippen LogP contribution is -2.26. The molecule has 0 bridgehead atoms. The van der Waals surface area contributed by atoms with Gasteiger partial charge < -0.3 is 10.4 Å². The predicted octanol–water partition coefficient (Wildman–Crippen LogP) is 3.06. The zero-order valence-electron chi connectivity index (χ0n) is 14.0. The Morgan fingerprint density at radius 1 is 1.27 bits per heavy atom. The summed E-state index contributed by atoms with van der Waals surface area (Å²) in [6.45, 7) is 2.07. The fourth-order valence-electron chi connectivity index (χ4n) is 2.58. The molecule has 2 N–H and O–H groups in total. The van der Waals surface area contributed by atoms with E-state index in [0.717, 1.165) is 28.5 Å². The van der Waals surface area contributed by atoms with E-state index in [9.17, 15) is 9.59 Å². The first kappa shape index (κ1) is 17.9. The first-order chi connectivity index (χ1) is 12.5. The number of aryl methyl sites for hydroxylation is 1. The summed E-state index contributed by atoms with van der Waals surface area (Å²) in [4.78, 5) is 22.4. The van der Waals surface area contributed by atoms with Crippen molar-refractivity contribution in [1.29, 1.82) is 0 Å². The maximum Gasteiger partial charge on any atom is 0.305 e. The Labute approximate surface area is 155 Å². The molecule has 0 aromatic heterocycles. The van der Waals surface area contributed by atoms with Crippen LogP contribution in [0.2, 0.25) is 0 Å². The molecule has 26 heavy (non-hydrogen) atoms. The third-order valence-electron chi connectivity index (χ3n) is 3.83. The second kappa shape index (κ2) is 7.97. The highest BCUT2D eigenvalue weighted by atomic mass is 32.2. The van der Waals surface area contributed by atoms with E-state index in [1.807, 2.05) is 36.4 Å². The molecule has 0 aliphatic carbocycles. The van der Waals surface area contributed by atoms with Crippen molar-refractivity contribution in [3.05, 3.63) is 59.7 Å². The van der Waals surface area contributed by atoms with E-state index in [2.05, 4.69) is 34.6 Å². The molecule has 7 heteroatoms. The van der Waals surface area contributed by atoms with Gasteiger partial charge in [0.2, 0.25) is 5.91 Å². The maximum atomic E-state index is 11.7. The smallest absolute Gasteiger partial charge is 0.305 e. The van der Waals surface area contributed by atoms with Gasteiger partial charge in [0.05, 0.1) is 12.6 Å². The number of hydrogen-bond donors (Lipinski definition) is 2. The van der Waals surface area contributed by atoms with Crippen molar-refractivity contribution in [2.45, 2.75) is 18.6 Å². The number of carboxylic acids is 1. The minimum atomic E-state index is -1.02. The monoisotopic (exact) mass is 367 g/mol. The van der Waals surface area contributed by atoms with Gasteiger partial charge in [0.15, 0.2) is 5.17 Å². The molecule has 1 unspecified atom stereocenters. The third-order valence-corrected chi connectivity index (χ3v) is 4.91. The summed E-state index contributed by atoms with van der Waals surface area (Å²) < 4.78 is 0. The number of hydrogen-bond acceptors (Lipinski definition) is 5. The molecule has 6 nitrogen and oxygen atoms in total. The molecule has 1 aliphatic rings. The third kappa shape index (κ3) is 4.37. The molecule has 2 aromatic rings. The normalized spacial score (nSPS) is 18.4. The Kier molecular flexibility index (Phi) is 5.48. The van der Waals surface area contributed by atoms with Crippen LogP contribution in [0.15, 0.2) is 58.7 Å². The summed E-state index contributed by atoms with van der Waals surface area (Å²) in [5.74, 6) is -1.37. The zero-order chi connectivity index (χ0) is 18.5. The van der Waals surface area contributed by atoms with Gasteiger partial charge >= 0.3 is 5.97 Å². The standard InChI is InChI=1S/C19H17N3O3S/c1-12-5-2-3-8-15(12)14-7-4-6-13(9-14)11-20-22-19-21-18(25)16(26-19)10-17(23)24/h2-9,11,16H,10H2,1H3,(H,23,24)(H,21,22,25). The summed E-state index contributed by atoms with van der Waals surface area (Å²) in [6, 6.07) is 16.1. The van der Waals surface area contributed by atoms with Crippen LogP contribution in [0.1, 0.15) is 17.5 Å². The number of nitrogens with zero attached hydrogens (tertiary/aromatic N) is 2. The number of carbonyl (C=O) groups is 2. The van der Waals surface area contributed by atoms with Gasteiger partial charge in [-0.25, -0.2) is 0 Å². The number of carboxylic acid groups (broad SMARTS) is 1. The Balaban J connectivity index is 1.72. The van der Waals surface area contributed by atoms with Crippen LogP contribution < -0.4 is 5.32 Å². The van der Waals surface area contributed by atoms with Gasteiger partial charge in [0.1, 0.15) is 5.25 Å². The van der Waals surface area contributed by atoms with E-state index in [-0.39, 0.29) is 12.3 Å². The van der Waals surface area contributed by atoms with Crippen molar-refractivity contribution >= 4 is 35.0 Å². The molecule has 1 aliphatic heterocycles. The molecule has 2 aromatic carbocycles. The fraction of sp³-hybridized carbons (Fsp3) is 0.158. The Morgan fingerprint density at radius 2 is 2.08 bits per heavy atom. The highest BCUT2D eigenvalue weighted by Gasteiger charge is 2.32. The minimum Gasteiger partial charge on any atom is -0.481 e. The average Bonchev–Trinajstić information content (AvgIpc) is 2.94. The van der Waals surface area contributed by atoms with Gasteiger partial charge in [0.25, 0.3) is 0 Å². The molecular weight excluding hydrogens is 350 g/mol. The van der Waals surface area contributed by atoms with Crippen LogP contribution in [0.5, 0.6) is 0 Å². The molecule has 1 atom stereocenters. The van der Waals surface area contributed by atoms with Gasteiger partial charge in [-0.05, 0) is 35.2 Å². The lowest BCUT2D eigenvalue weighted by molar-refractivity contribution is -0.138. The van der Waals surface area contributed by atoms with Crippen molar-refractivity contribution < 1.29 is 14.7 Å². The fourth-order valence-corrected chi connectivity index (χ4v) is 3.49. The first-order valence-corrected chi connectivity index (χ1v) is 8.87. The number of amidine groups is 1. The summed E-state index contributed by atoms with van der Waals surface area (Å²) in [5, 5.41) is 18.9. The topological polar surface area (TPSA) is 91.1 Å². The summed E-state index contributed by atoms with van der Waals surface area (Å²) >= 11 is 1.08. The molecule has 132 valence electrons. The Hall–Kier alpha value is -2.93. The number of carbonyl (C=O) groups excluding carboxylic acids is 1. The number of thioether (sulfide) groups is 1. The van der Waals surface area contributed by atoms with Crippen LogP contribution in [0, 0.1) is 6.92 Å². The summed E-state index contributed by atoms with van der Waals surface area (Å²) in [7, 11) is 0. The number of benzene rings is 2. The van der Waals surface area contributed by atoms with Crippen molar-refractivity contribution in [2.24, 2.45) is 10.2 Å². The van der Waals surface area contributed by atoms with Crippen LogP contribution in [0.25, 0.3) is 11.1 Å². The first-order valence-electron chi connectivity index (χ1n) is 7.99. The van der Waals surface area contributed by atoms with Gasteiger partial charge in [-0.2, -0.15) is 5.10 Å². The van der Waals surface area contributed by atoms with Crippen LogP contribution in [0.4, 0.5) is 0 Å². The number of nitrogens with one attached hydrogen (secondary N) is 1. The highest BCUT2D eigenvalue weighted by molar-refractivity contribution is 8.15. The van der Waals surface area contributed by atoms with Crippen molar-refractivity contribution in [2.75, 3.05) is 0 Å². The predicted molar refractivity (Wildman–Crippen MR) is 103 cm³/mol. The second-order valence-electron chi connectivity index (χ2n) is 5.78. The number of aliphatic carboxylic acids is 1. The van der Waals surface area contributed by atoms with E-state index in [1.165, 1.54) is 5.56 Å². The molecule has 0 radical (unpaired) electrons. The van der Waals surface area contributed by atoms with Crippen LogP contribution in [-0.2, 0) is 9.59 Å². The Bertz CT molecular complexity index is 908. The Morgan fingerprint density at radius 3 is 2.85 bits per heavy atom. The number of amides is 1. The highest BCUT2D eigenvalue weighted by Crippen LogP contribution is 2.24. The van der Waals surface area contributed by atoms with E-state index >= 15 is 0 Å². The molecular formula is C19H17N3O3S.